The molecule has 116 valence electrons. The average molecular weight is 327 g/mol. The number of nitrogens with one attached hydrogen (secondary N) is 1. The topological polar surface area (TPSA) is 62.2 Å². The fraction of sp³-hybridized carbons (Fsp3) is 0.111. The number of benzene rings is 2. The van der Waals surface area contributed by atoms with Gasteiger partial charge in [0.15, 0.2) is 0 Å². The molecule has 1 atom stereocenters. The number of phenolic OH excluding ortho intramolecular Hbond substituents is 1. The highest BCUT2D eigenvalue weighted by Crippen LogP contribution is 2.38. The van der Waals surface area contributed by atoms with Crippen molar-refractivity contribution in [3.8, 4) is 5.75 Å². The third-order valence-corrected chi connectivity index (χ3v) is 3.95. The summed E-state index contributed by atoms with van der Waals surface area (Å²) in [5, 5.41) is 14.7. The van der Waals surface area contributed by atoms with Gasteiger partial charge in [-0.3, -0.25) is 9.78 Å². The SMILES string of the molecule is CC(=O)N[C@H](c1ccccc1)c1cc(Cl)c2cccnc2c1O. The van der Waals surface area contributed by atoms with Crippen LogP contribution in [-0.4, -0.2) is 16.0 Å². The number of halogens is 1. The van der Waals surface area contributed by atoms with Crippen LogP contribution in [0.3, 0.4) is 0 Å². The molecule has 1 amide bonds. The zero-order chi connectivity index (χ0) is 16.4. The van der Waals surface area contributed by atoms with Crippen molar-refractivity contribution in [1.29, 1.82) is 0 Å². The molecule has 0 aliphatic rings. The molecule has 1 heterocycles. The molecule has 0 unspecified atom stereocenters. The molecule has 5 heteroatoms. The van der Waals surface area contributed by atoms with Crippen molar-refractivity contribution in [2.45, 2.75) is 13.0 Å². The Morgan fingerprint density at radius 2 is 1.96 bits per heavy atom. The molecule has 0 spiro atoms. The Morgan fingerprint density at radius 3 is 2.65 bits per heavy atom. The summed E-state index contributed by atoms with van der Waals surface area (Å²) in [7, 11) is 0. The highest BCUT2D eigenvalue weighted by molar-refractivity contribution is 6.35. The smallest absolute Gasteiger partial charge is 0.217 e. The molecule has 0 fully saturated rings. The second-order valence-electron chi connectivity index (χ2n) is 5.24. The fourth-order valence-electron chi connectivity index (χ4n) is 2.62. The van der Waals surface area contributed by atoms with Crippen molar-refractivity contribution in [2.75, 3.05) is 0 Å². The van der Waals surface area contributed by atoms with Crippen molar-refractivity contribution in [1.82, 2.24) is 10.3 Å². The zero-order valence-electron chi connectivity index (χ0n) is 12.5. The van der Waals surface area contributed by atoms with Crippen LogP contribution in [0.2, 0.25) is 5.02 Å². The van der Waals surface area contributed by atoms with Crippen LogP contribution in [0.25, 0.3) is 10.9 Å². The van der Waals surface area contributed by atoms with E-state index in [0.29, 0.717) is 21.5 Å². The molecule has 0 aliphatic heterocycles. The first-order valence-corrected chi connectivity index (χ1v) is 7.54. The third kappa shape index (κ3) is 2.98. The number of aromatic hydroxyl groups is 1. The van der Waals surface area contributed by atoms with Crippen LogP contribution in [0.15, 0.2) is 54.7 Å². The van der Waals surface area contributed by atoms with E-state index >= 15 is 0 Å². The molecule has 4 nitrogen and oxygen atoms in total. The molecule has 3 aromatic rings. The molecule has 23 heavy (non-hydrogen) atoms. The minimum absolute atomic E-state index is 0.0209. The van der Waals surface area contributed by atoms with Crippen LogP contribution in [-0.2, 0) is 4.79 Å². The lowest BCUT2D eigenvalue weighted by Crippen LogP contribution is -2.27. The van der Waals surface area contributed by atoms with E-state index in [2.05, 4.69) is 10.3 Å². The number of hydrogen-bond acceptors (Lipinski definition) is 3. The number of rotatable bonds is 3. The number of nitrogens with zero attached hydrogens (tertiary/aromatic N) is 1. The highest BCUT2D eigenvalue weighted by atomic mass is 35.5. The van der Waals surface area contributed by atoms with E-state index in [1.54, 1.807) is 24.4 Å². The van der Waals surface area contributed by atoms with Crippen molar-refractivity contribution >= 4 is 28.4 Å². The molecular formula is C18H15ClN2O2. The summed E-state index contributed by atoms with van der Waals surface area (Å²) in [6.45, 7) is 1.44. The fourth-order valence-corrected chi connectivity index (χ4v) is 2.89. The molecule has 2 aromatic carbocycles. The lowest BCUT2D eigenvalue weighted by atomic mass is 9.96. The van der Waals surface area contributed by atoms with Crippen LogP contribution in [0.4, 0.5) is 0 Å². The van der Waals surface area contributed by atoms with Gasteiger partial charge in [0.05, 0.1) is 11.1 Å². The maximum absolute atomic E-state index is 11.6. The van der Waals surface area contributed by atoms with E-state index in [1.807, 2.05) is 30.3 Å². The Bertz CT molecular complexity index is 866. The van der Waals surface area contributed by atoms with E-state index in [1.165, 1.54) is 6.92 Å². The molecule has 0 saturated carbocycles. The van der Waals surface area contributed by atoms with Crippen LogP contribution in [0.5, 0.6) is 5.75 Å². The number of aromatic nitrogens is 1. The minimum atomic E-state index is -0.502. The molecular weight excluding hydrogens is 312 g/mol. The van der Waals surface area contributed by atoms with E-state index in [0.717, 1.165) is 5.56 Å². The van der Waals surface area contributed by atoms with Crippen molar-refractivity contribution in [2.24, 2.45) is 0 Å². The summed E-state index contributed by atoms with van der Waals surface area (Å²) >= 11 is 6.34. The van der Waals surface area contributed by atoms with E-state index in [4.69, 9.17) is 11.6 Å². The number of hydrogen-bond donors (Lipinski definition) is 2. The van der Waals surface area contributed by atoms with Gasteiger partial charge in [-0.1, -0.05) is 41.9 Å². The quantitative estimate of drug-likeness (QED) is 0.769. The summed E-state index contributed by atoms with van der Waals surface area (Å²) in [6, 6.07) is 14.1. The largest absolute Gasteiger partial charge is 0.505 e. The third-order valence-electron chi connectivity index (χ3n) is 3.64. The summed E-state index contributed by atoms with van der Waals surface area (Å²) in [4.78, 5) is 15.8. The monoisotopic (exact) mass is 326 g/mol. The van der Waals surface area contributed by atoms with E-state index < -0.39 is 6.04 Å². The molecule has 0 aliphatic carbocycles. The van der Waals surface area contributed by atoms with Crippen LogP contribution < -0.4 is 5.32 Å². The van der Waals surface area contributed by atoms with Gasteiger partial charge in [0.25, 0.3) is 0 Å². The predicted molar refractivity (Wildman–Crippen MR) is 90.5 cm³/mol. The van der Waals surface area contributed by atoms with Gasteiger partial charge in [-0.15, -0.1) is 0 Å². The first-order valence-electron chi connectivity index (χ1n) is 7.16. The van der Waals surface area contributed by atoms with Gasteiger partial charge in [0.1, 0.15) is 11.3 Å². The zero-order valence-corrected chi connectivity index (χ0v) is 13.2. The minimum Gasteiger partial charge on any atom is -0.505 e. The molecule has 0 saturated heterocycles. The average Bonchev–Trinajstić information content (AvgIpc) is 2.57. The Morgan fingerprint density at radius 1 is 1.22 bits per heavy atom. The van der Waals surface area contributed by atoms with Crippen molar-refractivity contribution < 1.29 is 9.90 Å². The Hall–Kier alpha value is -2.59. The number of carbonyl (C=O) groups is 1. The van der Waals surface area contributed by atoms with Gasteiger partial charge < -0.3 is 10.4 Å². The summed E-state index contributed by atoms with van der Waals surface area (Å²) in [5.74, 6) is -0.178. The summed E-state index contributed by atoms with van der Waals surface area (Å²) in [5.41, 5.74) is 1.79. The maximum Gasteiger partial charge on any atom is 0.217 e. The van der Waals surface area contributed by atoms with Gasteiger partial charge >= 0.3 is 0 Å². The van der Waals surface area contributed by atoms with Gasteiger partial charge in [0, 0.05) is 24.1 Å². The van der Waals surface area contributed by atoms with E-state index in [9.17, 15) is 9.90 Å². The summed E-state index contributed by atoms with van der Waals surface area (Å²) in [6.07, 6.45) is 1.60. The molecule has 1 aromatic heterocycles. The normalized spacial score (nSPS) is 12.1. The first-order chi connectivity index (χ1) is 11.1. The lowest BCUT2D eigenvalue weighted by molar-refractivity contribution is -0.119. The first kappa shape index (κ1) is 15.3. The molecule has 2 N–H and O–H groups in total. The molecule has 0 radical (unpaired) electrons. The van der Waals surface area contributed by atoms with Gasteiger partial charge in [-0.25, -0.2) is 0 Å². The molecule has 3 rings (SSSR count). The number of carbonyl (C=O) groups excluding carboxylic acids is 1. The van der Waals surface area contributed by atoms with E-state index in [-0.39, 0.29) is 11.7 Å². The lowest BCUT2D eigenvalue weighted by Gasteiger charge is -2.21. The number of phenols is 1. The Labute approximate surface area is 138 Å². The maximum atomic E-state index is 11.6. The van der Waals surface area contributed by atoms with Crippen molar-refractivity contribution in [3.05, 3.63) is 70.9 Å². The Balaban J connectivity index is 2.22. The van der Waals surface area contributed by atoms with Gasteiger partial charge in [0.2, 0.25) is 5.91 Å². The van der Waals surface area contributed by atoms with Crippen LogP contribution in [0, 0.1) is 0 Å². The molecule has 0 bridgehead atoms. The number of fused-ring (bicyclic) bond motifs is 1. The number of pyridine rings is 1. The predicted octanol–water partition coefficient (Wildman–Crippen LogP) is 3.82. The van der Waals surface area contributed by atoms with Crippen molar-refractivity contribution in [3.63, 3.8) is 0 Å². The second kappa shape index (κ2) is 6.26. The second-order valence-corrected chi connectivity index (χ2v) is 5.65. The number of amides is 1. The van der Waals surface area contributed by atoms with Crippen LogP contribution in [0.1, 0.15) is 24.1 Å². The van der Waals surface area contributed by atoms with Gasteiger partial charge in [-0.05, 0) is 23.8 Å². The standard InChI is InChI=1S/C18H15ClN2O2/c1-11(22)21-16(12-6-3-2-4-7-12)14-10-15(19)13-8-5-9-20-17(13)18(14)23/h2-10,16,23H,1H3,(H,21,22)/t16-/m1/s1. The summed E-state index contributed by atoms with van der Waals surface area (Å²) < 4.78 is 0. The van der Waals surface area contributed by atoms with Crippen LogP contribution >= 0.6 is 11.6 Å². The Kier molecular flexibility index (Phi) is 4.17. The van der Waals surface area contributed by atoms with Gasteiger partial charge in [-0.2, -0.15) is 0 Å². The highest BCUT2D eigenvalue weighted by Gasteiger charge is 2.22.